The predicted octanol–water partition coefficient (Wildman–Crippen LogP) is 12.5. The number of carbonyl (C=O) groups excluding carboxylic acids is 2. The lowest BCUT2D eigenvalue weighted by atomic mass is 9.88. The lowest BCUT2D eigenvalue weighted by Crippen LogP contribution is -2.34. The number of allylic oxidation sites excluding steroid dienone is 2. The van der Waals surface area contributed by atoms with Gasteiger partial charge in [0.25, 0.3) is 30.4 Å². The molecule has 1 atom stereocenters. The molecule has 116 heavy (non-hydrogen) atoms. The van der Waals surface area contributed by atoms with Crippen LogP contribution >= 0.6 is 21.6 Å². The van der Waals surface area contributed by atoms with E-state index in [4.69, 9.17) is 22.8 Å². The van der Waals surface area contributed by atoms with Crippen LogP contribution in [0.2, 0.25) is 0 Å². The van der Waals surface area contributed by atoms with Gasteiger partial charge in [0.15, 0.2) is 30.6 Å². The van der Waals surface area contributed by atoms with Gasteiger partial charge in [0.2, 0.25) is 5.91 Å². The Morgan fingerprint density at radius 3 is 1.59 bits per heavy atom. The Kier molecular flexibility index (Phi) is 47.0. The van der Waals surface area contributed by atoms with Crippen molar-refractivity contribution in [1.82, 2.24) is 30.8 Å². The molecule has 10 rings (SSSR count). The number of likely N-dealkylation sites (tertiary alicyclic amines) is 1. The number of unbranched alkanes of at least 4 members (excludes halogenated alkanes) is 11. The summed E-state index contributed by atoms with van der Waals surface area (Å²) in [6, 6.07) is 29.7. The molecule has 648 valence electrons. The summed E-state index contributed by atoms with van der Waals surface area (Å²) in [7, 11) is -22.6. The SMILES string of the molecule is CCCCCCCCCCCCNCCCS(=O)(=O)O.O=C(CCSS(=O)(=O)O)NCCc1c[nH]c2ccccc12.O=C1c2ccccc2-c2cc[n+](CCCS(=O)(=O)O)cc21.O=S(=O)(O)CCCCN1CCCCC1.O=S(=O)(O)SCCCNCCc1c[nH]c2ccccc12.O=S(=O)([O-])CCCC[n+]1ccc(C2CC=CCC2)cc1. The van der Waals surface area contributed by atoms with Gasteiger partial charge in [-0.05, 0) is 191 Å². The summed E-state index contributed by atoms with van der Waals surface area (Å²) in [4.78, 5) is 32.6. The van der Waals surface area contributed by atoms with Crippen molar-refractivity contribution in [2.75, 3.05) is 86.9 Å². The fourth-order valence-electron chi connectivity index (χ4n) is 13.2. The second-order valence-corrected chi connectivity index (χ2v) is 41.9. The molecular weight excluding hydrogens is 1650 g/mol. The molecule has 1 saturated heterocycles. The number of piperidine rings is 1. The van der Waals surface area contributed by atoms with Crippen LogP contribution in [0.25, 0.3) is 32.9 Å². The van der Waals surface area contributed by atoms with Crippen LogP contribution in [0, 0.1) is 0 Å². The number of aromatic amines is 2. The van der Waals surface area contributed by atoms with Gasteiger partial charge in [-0.2, -0.15) is 42.1 Å². The summed E-state index contributed by atoms with van der Waals surface area (Å²) in [5.74, 6) is 0.0388. The average molecular weight is 1770 g/mol. The van der Waals surface area contributed by atoms with Gasteiger partial charge in [-0.1, -0.05) is 144 Å². The molecule has 3 aliphatic rings. The summed E-state index contributed by atoms with van der Waals surface area (Å²) >= 11 is 0. The number of fused-ring (bicyclic) bond motifs is 5. The zero-order chi connectivity index (χ0) is 84.7. The third kappa shape index (κ3) is 45.9. The molecule has 0 saturated carbocycles. The maximum atomic E-state index is 12.3. The van der Waals surface area contributed by atoms with Crippen LogP contribution in [0.3, 0.4) is 0 Å². The number of nitrogens with zero attached hydrogens (tertiary/aromatic N) is 3. The van der Waals surface area contributed by atoms with Gasteiger partial charge in [0, 0.05) is 107 Å². The van der Waals surface area contributed by atoms with Crippen molar-refractivity contribution in [2.45, 2.75) is 193 Å². The van der Waals surface area contributed by atoms with Gasteiger partial charge in [-0.25, -0.2) is 17.6 Å². The summed E-state index contributed by atoms with van der Waals surface area (Å²) in [5, 5.41) is 11.6. The van der Waals surface area contributed by atoms with Gasteiger partial charge >= 0.3 is 18.3 Å². The molecular formula is C80H121N8O20S8+. The van der Waals surface area contributed by atoms with Crippen LogP contribution in [0.15, 0.2) is 140 Å². The van der Waals surface area contributed by atoms with Crippen molar-refractivity contribution in [3.8, 4) is 11.1 Å². The number of amides is 1. The first kappa shape index (κ1) is 101. The maximum Gasteiger partial charge on any atom is 0.319 e. The number of hydrogen-bond donors (Lipinski definition) is 10. The minimum Gasteiger partial charge on any atom is -0.748 e. The predicted molar refractivity (Wildman–Crippen MR) is 462 cm³/mol. The Hall–Kier alpha value is -6.04. The molecule has 3 aromatic carbocycles. The lowest BCUT2D eigenvalue weighted by Gasteiger charge is -2.26. The molecule has 1 amide bonds. The van der Waals surface area contributed by atoms with E-state index in [2.05, 4.69) is 74.2 Å². The molecule has 2 aliphatic carbocycles. The van der Waals surface area contributed by atoms with E-state index in [-0.39, 0.29) is 46.9 Å². The number of rotatable bonds is 45. The van der Waals surface area contributed by atoms with Crippen molar-refractivity contribution >= 4 is 114 Å². The standard InChI is InChI=1S/C15H13NO4S.C15H21NO3S.C15H33NO3S.C13H16N2O4S2.C13H18N2O3S2.C9H19NO3S/c17-15-13-5-2-1-4-11(13)12-6-8-16(10-14(12)15)7-3-9-21(18,19)20;17-20(18,19)13-5-4-10-16-11-8-15(9-12-16)14-6-2-1-3-7-14;1-2-3-4-5-6-7-8-9-10-11-13-16-14-12-15-20(17,18)19;16-13(6-8-20-21(17,18)19)14-7-5-10-9-15-12-4-2-1-3-11(10)12;16-20(17,18)19-9-3-7-14-8-6-11-10-15-13-5-2-1-4-12(11)13;11-14(12,13)9-5-4-8-10-6-2-1-3-7-10/h1-2,4-6,8,10H,3,7,9H2;1-2,8-9,11-12,14H,3-7,10,13H2;16H,2-15H2,1H3,(H,17,18,19);1-4,9,15H,5-8H2,(H,14,16)(H,17,18,19);1-2,4-5,10,14-15H,3,6-9H2,(H,16,17,18);1-9H2,(H,11,12,13)/p+1. The fraction of sp³-hybridized carbons (Fsp3) is 0.550. The van der Waals surface area contributed by atoms with Crippen LogP contribution < -0.4 is 25.1 Å². The minimum absolute atomic E-state index is 0.00951. The molecule has 4 aromatic heterocycles. The van der Waals surface area contributed by atoms with E-state index in [0.717, 1.165) is 111 Å². The van der Waals surface area contributed by atoms with E-state index in [1.807, 2.05) is 96.2 Å². The number of carbonyl (C=O) groups is 2. The number of nitrogens with one attached hydrogen (secondary N) is 5. The zero-order valence-electron chi connectivity index (χ0n) is 66.5. The zero-order valence-corrected chi connectivity index (χ0v) is 73.1. The van der Waals surface area contributed by atoms with Crippen LogP contribution in [-0.2, 0) is 89.5 Å². The maximum absolute atomic E-state index is 12.3. The highest BCUT2D eigenvalue weighted by molar-refractivity contribution is 8.70. The highest BCUT2D eigenvalue weighted by Crippen LogP contribution is 2.35. The second-order valence-electron chi connectivity index (χ2n) is 28.7. The van der Waals surface area contributed by atoms with E-state index in [1.165, 1.54) is 100.0 Å². The number of H-pyrrole nitrogens is 2. The van der Waals surface area contributed by atoms with Crippen molar-refractivity contribution in [1.29, 1.82) is 0 Å². The molecule has 36 heteroatoms. The van der Waals surface area contributed by atoms with Gasteiger partial charge in [0.05, 0.1) is 32.9 Å². The Labute approximate surface area is 695 Å². The number of para-hydroxylation sites is 2. The normalized spacial score (nSPS) is 14.3. The Morgan fingerprint density at radius 1 is 0.509 bits per heavy atom. The molecule has 0 bridgehead atoms. The van der Waals surface area contributed by atoms with E-state index >= 15 is 0 Å². The molecule has 1 fully saturated rings. The first-order chi connectivity index (χ1) is 55.2. The molecule has 7 aromatic rings. The third-order valence-electron chi connectivity index (χ3n) is 19.2. The van der Waals surface area contributed by atoms with Crippen LogP contribution in [-0.4, -0.2) is 191 Å². The Balaban J connectivity index is 0.000000249. The number of aryl methyl sites for hydroxylation is 2. The monoisotopic (exact) mass is 1770 g/mol. The molecule has 5 heterocycles. The highest BCUT2D eigenvalue weighted by atomic mass is 33.2. The van der Waals surface area contributed by atoms with Crippen LogP contribution in [0.4, 0.5) is 0 Å². The molecule has 1 unspecified atom stereocenters. The van der Waals surface area contributed by atoms with E-state index in [1.54, 1.807) is 16.8 Å². The largest absolute Gasteiger partial charge is 0.748 e. The highest BCUT2D eigenvalue weighted by Gasteiger charge is 2.29. The van der Waals surface area contributed by atoms with Crippen molar-refractivity contribution in [3.63, 3.8) is 0 Å². The van der Waals surface area contributed by atoms with Gasteiger partial charge in [-0.3, -0.25) is 32.4 Å². The van der Waals surface area contributed by atoms with Crippen molar-refractivity contribution < 1.29 is 96.5 Å². The van der Waals surface area contributed by atoms with Crippen LogP contribution in [0.5, 0.6) is 0 Å². The Morgan fingerprint density at radius 2 is 1.01 bits per heavy atom. The van der Waals surface area contributed by atoms with Gasteiger partial charge < -0.3 is 35.4 Å². The molecule has 10 N–H and O–H groups in total. The lowest BCUT2D eigenvalue weighted by molar-refractivity contribution is -0.697. The second kappa shape index (κ2) is 54.3. The minimum atomic E-state index is -4.07. The first-order valence-corrected chi connectivity index (χ1v) is 52.3. The summed E-state index contributed by atoms with van der Waals surface area (Å²) in [6.45, 7) is 10.4. The first-order valence-electron chi connectivity index (χ1n) is 40.0. The van der Waals surface area contributed by atoms with Crippen molar-refractivity contribution in [3.05, 3.63) is 168 Å². The van der Waals surface area contributed by atoms with Crippen molar-refractivity contribution in [2.24, 2.45) is 0 Å². The molecule has 0 spiro atoms. The topological polar surface area (TPSA) is 442 Å². The average Bonchev–Trinajstić information content (AvgIpc) is 1.62. The smallest absolute Gasteiger partial charge is 0.319 e. The number of aromatic nitrogens is 4. The van der Waals surface area contributed by atoms with E-state index < -0.39 is 58.8 Å². The number of hydrogen-bond acceptors (Lipinski definition) is 20. The van der Waals surface area contributed by atoms with E-state index in [0.29, 0.717) is 109 Å². The summed E-state index contributed by atoms with van der Waals surface area (Å²) in [6.07, 6.45) is 42.4. The summed E-state index contributed by atoms with van der Waals surface area (Å²) in [5.41, 5.74) is 9.14. The number of ketones is 1. The number of benzene rings is 3. The molecule has 28 nitrogen and oxygen atoms in total. The van der Waals surface area contributed by atoms with E-state index in [9.17, 15) is 64.6 Å². The fourth-order valence-corrected chi connectivity index (χ4v) is 18.2. The quantitative estimate of drug-likeness (QED) is 0.00557. The third-order valence-corrected chi connectivity index (χ3v) is 26.6. The summed E-state index contributed by atoms with van der Waals surface area (Å²) < 4.78 is 183. The van der Waals surface area contributed by atoms with Gasteiger partial charge in [0.1, 0.15) is 13.1 Å². The molecule has 0 radical (unpaired) electrons. The van der Waals surface area contributed by atoms with Gasteiger partial charge in [-0.15, -0.1) is 0 Å². The van der Waals surface area contributed by atoms with Crippen LogP contribution in [0.1, 0.15) is 200 Å². The molecule has 1 aliphatic heterocycles. The Bertz CT molecular complexity index is 4790. The number of pyridine rings is 2.